The third-order valence-corrected chi connectivity index (χ3v) is 3.47. The van der Waals surface area contributed by atoms with Crippen molar-refractivity contribution >= 4 is 17.5 Å². The van der Waals surface area contributed by atoms with Crippen molar-refractivity contribution in [2.45, 2.75) is 32.2 Å². The molecule has 1 aromatic heterocycles. The van der Waals surface area contributed by atoms with Crippen LogP contribution in [0, 0.1) is 5.82 Å². The van der Waals surface area contributed by atoms with Crippen LogP contribution in [0.2, 0.25) is 0 Å². The van der Waals surface area contributed by atoms with E-state index in [0.29, 0.717) is 5.88 Å². The number of nitrogens with one attached hydrogen (secondary N) is 1. The smallest absolute Gasteiger partial charge is 0.253 e. The summed E-state index contributed by atoms with van der Waals surface area (Å²) in [6.07, 6.45) is 3.84. The molecule has 5 heteroatoms. The van der Waals surface area contributed by atoms with Gasteiger partial charge < -0.3 is 5.32 Å². The van der Waals surface area contributed by atoms with E-state index in [2.05, 4.69) is 10.3 Å². The first-order valence-corrected chi connectivity index (χ1v) is 6.09. The van der Waals surface area contributed by atoms with Gasteiger partial charge >= 0.3 is 0 Å². The summed E-state index contributed by atoms with van der Waals surface area (Å²) in [5.74, 6) is -0.544. The van der Waals surface area contributed by atoms with Crippen LogP contribution in [-0.2, 0) is 0 Å². The Morgan fingerprint density at radius 3 is 2.59 bits per heavy atom. The first-order valence-electron chi connectivity index (χ1n) is 5.56. The molecular formula is C12H16ClFN2O. The summed E-state index contributed by atoms with van der Waals surface area (Å²) in [4.78, 5) is 15.6. The summed E-state index contributed by atoms with van der Waals surface area (Å²) >= 11 is 5.88. The van der Waals surface area contributed by atoms with E-state index < -0.39 is 11.4 Å². The Morgan fingerprint density at radius 1 is 1.47 bits per heavy atom. The highest BCUT2D eigenvalue weighted by molar-refractivity contribution is 6.18. The summed E-state index contributed by atoms with van der Waals surface area (Å²) in [5, 5.41) is 2.85. The summed E-state index contributed by atoms with van der Waals surface area (Å²) in [5.41, 5.74) is -0.230. The van der Waals surface area contributed by atoms with Gasteiger partial charge in [0, 0.05) is 12.1 Å². The molecule has 0 atom stereocenters. The topological polar surface area (TPSA) is 42.0 Å². The van der Waals surface area contributed by atoms with Crippen LogP contribution in [-0.4, -0.2) is 22.3 Å². The van der Waals surface area contributed by atoms with Gasteiger partial charge in [-0.3, -0.25) is 9.78 Å². The lowest BCUT2D eigenvalue weighted by molar-refractivity contribution is 0.0901. The number of rotatable bonds is 5. The number of amides is 1. The normalized spacial score (nSPS) is 11.3. The molecule has 1 heterocycles. The zero-order chi connectivity index (χ0) is 12.9. The number of halogens is 2. The van der Waals surface area contributed by atoms with Crippen LogP contribution in [0.4, 0.5) is 4.39 Å². The molecule has 0 saturated carbocycles. The Balaban J connectivity index is 2.84. The highest BCUT2D eigenvalue weighted by Crippen LogP contribution is 2.17. The number of pyridine rings is 1. The third kappa shape index (κ3) is 3.40. The van der Waals surface area contributed by atoms with Crippen molar-refractivity contribution in [3.8, 4) is 0 Å². The fourth-order valence-corrected chi connectivity index (χ4v) is 1.94. The Bertz CT molecular complexity index is 386. The average molecular weight is 259 g/mol. The van der Waals surface area contributed by atoms with Gasteiger partial charge in [0.15, 0.2) is 0 Å². The Labute approximate surface area is 105 Å². The minimum atomic E-state index is -0.526. The lowest BCUT2D eigenvalue weighted by Crippen LogP contribution is -2.49. The molecule has 0 aliphatic heterocycles. The zero-order valence-electron chi connectivity index (χ0n) is 9.96. The van der Waals surface area contributed by atoms with Gasteiger partial charge in [0.05, 0.1) is 17.3 Å². The second-order valence-corrected chi connectivity index (χ2v) is 4.23. The molecule has 1 amide bonds. The highest BCUT2D eigenvalue weighted by atomic mass is 35.5. The van der Waals surface area contributed by atoms with E-state index in [1.165, 1.54) is 6.20 Å². The van der Waals surface area contributed by atoms with E-state index in [-0.39, 0.29) is 11.5 Å². The molecule has 0 fully saturated rings. The van der Waals surface area contributed by atoms with Crippen LogP contribution in [0.1, 0.15) is 37.0 Å². The molecule has 94 valence electrons. The third-order valence-electron chi connectivity index (χ3n) is 2.96. The van der Waals surface area contributed by atoms with Gasteiger partial charge in [-0.25, -0.2) is 4.39 Å². The fraction of sp³-hybridized carbons (Fsp3) is 0.500. The minimum absolute atomic E-state index is 0.210. The first-order chi connectivity index (χ1) is 8.06. The lowest BCUT2D eigenvalue weighted by Gasteiger charge is -2.30. The highest BCUT2D eigenvalue weighted by Gasteiger charge is 2.27. The second-order valence-electron chi connectivity index (χ2n) is 3.97. The average Bonchev–Trinajstić information content (AvgIpc) is 2.36. The Morgan fingerprint density at radius 2 is 2.12 bits per heavy atom. The van der Waals surface area contributed by atoms with Gasteiger partial charge in [0.1, 0.15) is 5.82 Å². The van der Waals surface area contributed by atoms with Crippen molar-refractivity contribution in [2.75, 3.05) is 5.88 Å². The molecule has 0 bridgehead atoms. The van der Waals surface area contributed by atoms with Gasteiger partial charge in [0.2, 0.25) is 0 Å². The van der Waals surface area contributed by atoms with Crippen molar-refractivity contribution in [1.82, 2.24) is 10.3 Å². The number of aromatic nitrogens is 1. The van der Waals surface area contributed by atoms with Crippen molar-refractivity contribution in [3.63, 3.8) is 0 Å². The van der Waals surface area contributed by atoms with Gasteiger partial charge in [-0.15, -0.1) is 11.6 Å². The molecule has 0 saturated heterocycles. The van der Waals surface area contributed by atoms with E-state index in [1.807, 2.05) is 13.8 Å². The van der Waals surface area contributed by atoms with Crippen LogP contribution in [0.25, 0.3) is 0 Å². The predicted molar refractivity (Wildman–Crippen MR) is 65.7 cm³/mol. The van der Waals surface area contributed by atoms with Crippen LogP contribution >= 0.6 is 11.6 Å². The number of carbonyl (C=O) groups is 1. The molecule has 0 aliphatic carbocycles. The molecule has 0 aliphatic rings. The summed E-state index contributed by atoms with van der Waals surface area (Å²) in [6.45, 7) is 3.91. The van der Waals surface area contributed by atoms with E-state index in [1.54, 1.807) is 0 Å². The van der Waals surface area contributed by atoms with Crippen LogP contribution in [0.3, 0.4) is 0 Å². The molecule has 0 aromatic carbocycles. The molecule has 0 radical (unpaired) electrons. The van der Waals surface area contributed by atoms with Crippen molar-refractivity contribution in [1.29, 1.82) is 0 Å². The van der Waals surface area contributed by atoms with Crippen molar-refractivity contribution in [2.24, 2.45) is 0 Å². The fourth-order valence-electron chi connectivity index (χ4n) is 1.50. The Kier molecular flexibility index (Phi) is 4.87. The Hall–Kier alpha value is -1.16. The minimum Gasteiger partial charge on any atom is -0.345 e. The number of nitrogens with zero attached hydrogens (tertiary/aromatic N) is 1. The van der Waals surface area contributed by atoms with Crippen molar-refractivity contribution in [3.05, 3.63) is 29.8 Å². The van der Waals surface area contributed by atoms with E-state index in [0.717, 1.165) is 25.1 Å². The van der Waals surface area contributed by atoms with Crippen LogP contribution in [0.15, 0.2) is 18.5 Å². The molecule has 3 nitrogen and oxygen atoms in total. The van der Waals surface area contributed by atoms with E-state index in [9.17, 15) is 9.18 Å². The molecule has 1 aromatic rings. The van der Waals surface area contributed by atoms with Crippen molar-refractivity contribution < 1.29 is 9.18 Å². The number of hydrogen-bond donors (Lipinski definition) is 1. The number of hydrogen-bond acceptors (Lipinski definition) is 2. The first kappa shape index (κ1) is 13.9. The van der Waals surface area contributed by atoms with E-state index in [4.69, 9.17) is 11.6 Å². The van der Waals surface area contributed by atoms with Gasteiger partial charge in [-0.05, 0) is 18.9 Å². The van der Waals surface area contributed by atoms with Gasteiger partial charge in [-0.1, -0.05) is 13.8 Å². The van der Waals surface area contributed by atoms with Gasteiger partial charge in [-0.2, -0.15) is 0 Å². The molecule has 1 N–H and O–H groups in total. The second kappa shape index (κ2) is 5.96. The molecule has 0 spiro atoms. The van der Waals surface area contributed by atoms with Crippen LogP contribution in [0.5, 0.6) is 0 Å². The standard InChI is InChI=1S/C12H16ClFN2O/c1-3-12(4-2,8-13)16-11(17)9-5-10(14)7-15-6-9/h5-7H,3-4,8H2,1-2H3,(H,16,17). The predicted octanol–water partition coefficient (Wildman–Crippen LogP) is 2.75. The number of alkyl halides is 1. The summed E-state index contributed by atoms with van der Waals surface area (Å²) in [7, 11) is 0. The quantitative estimate of drug-likeness (QED) is 0.825. The summed E-state index contributed by atoms with van der Waals surface area (Å²) in [6, 6.07) is 1.16. The SMILES string of the molecule is CCC(CC)(CCl)NC(=O)c1cncc(F)c1. The molecule has 1 rings (SSSR count). The monoisotopic (exact) mass is 258 g/mol. The molecule has 0 unspecified atom stereocenters. The number of carbonyl (C=O) groups excluding carboxylic acids is 1. The maximum atomic E-state index is 12.9. The lowest BCUT2D eigenvalue weighted by atomic mass is 9.95. The van der Waals surface area contributed by atoms with Crippen LogP contribution < -0.4 is 5.32 Å². The summed E-state index contributed by atoms with van der Waals surface area (Å²) < 4.78 is 12.9. The maximum Gasteiger partial charge on any atom is 0.253 e. The maximum absolute atomic E-state index is 12.9. The van der Waals surface area contributed by atoms with Gasteiger partial charge in [0.25, 0.3) is 5.91 Å². The van der Waals surface area contributed by atoms with E-state index >= 15 is 0 Å². The molecular weight excluding hydrogens is 243 g/mol. The zero-order valence-corrected chi connectivity index (χ0v) is 10.7. The largest absolute Gasteiger partial charge is 0.345 e. The molecule has 17 heavy (non-hydrogen) atoms.